The quantitative estimate of drug-likeness (QED) is 0.565. The minimum atomic E-state index is 0.820. The molecule has 0 aliphatic carbocycles. The summed E-state index contributed by atoms with van der Waals surface area (Å²) in [6, 6.07) is 0. The first-order valence-electron chi connectivity index (χ1n) is 6.45. The summed E-state index contributed by atoms with van der Waals surface area (Å²) in [7, 11) is 1.75. The second-order valence-electron chi connectivity index (χ2n) is 4.51. The molecule has 0 aliphatic heterocycles. The van der Waals surface area contributed by atoms with Crippen molar-refractivity contribution in [3.05, 3.63) is 0 Å². The smallest absolute Gasteiger partial charge is 0.0587 e. The van der Waals surface area contributed by atoms with Gasteiger partial charge in [0.05, 0.1) is 6.61 Å². The van der Waals surface area contributed by atoms with E-state index in [1.165, 1.54) is 25.7 Å². The highest BCUT2D eigenvalue weighted by atomic mass is 16.5. The summed E-state index contributed by atoms with van der Waals surface area (Å²) in [4.78, 5) is 0. The van der Waals surface area contributed by atoms with E-state index in [0.29, 0.717) is 0 Å². The van der Waals surface area contributed by atoms with Gasteiger partial charge in [0.15, 0.2) is 0 Å². The van der Waals surface area contributed by atoms with Crippen LogP contribution in [0.15, 0.2) is 0 Å². The van der Waals surface area contributed by atoms with Crippen molar-refractivity contribution in [1.29, 1.82) is 0 Å². The van der Waals surface area contributed by atoms with E-state index in [1.54, 1.807) is 7.11 Å². The summed E-state index contributed by atoms with van der Waals surface area (Å²) >= 11 is 0. The van der Waals surface area contributed by atoms with Gasteiger partial charge in [-0.1, -0.05) is 40.0 Å². The van der Waals surface area contributed by atoms with Crippen LogP contribution < -0.4 is 5.32 Å². The van der Waals surface area contributed by atoms with Crippen molar-refractivity contribution in [3.8, 4) is 0 Å². The maximum atomic E-state index is 5.03. The summed E-state index contributed by atoms with van der Waals surface area (Å²) in [6.07, 6.45) is 5.31. The summed E-state index contributed by atoms with van der Waals surface area (Å²) < 4.78 is 5.03. The van der Waals surface area contributed by atoms with Gasteiger partial charge in [0.25, 0.3) is 0 Å². The van der Waals surface area contributed by atoms with Crippen LogP contribution in [0.5, 0.6) is 0 Å². The second-order valence-corrected chi connectivity index (χ2v) is 4.51. The minimum Gasteiger partial charge on any atom is -0.383 e. The van der Waals surface area contributed by atoms with E-state index in [9.17, 15) is 0 Å². The third-order valence-electron chi connectivity index (χ3n) is 3.10. The molecule has 0 amide bonds. The molecule has 0 aromatic heterocycles. The third kappa shape index (κ3) is 7.80. The van der Waals surface area contributed by atoms with E-state index in [4.69, 9.17) is 4.74 Å². The molecule has 0 radical (unpaired) electrons. The molecule has 0 aliphatic rings. The van der Waals surface area contributed by atoms with Gasteiger partial charge >= 0.3 is 0 Å². The molecule has 2 heteroatoms. The highest BCUT2D eigenvalue weighted by Crippen LogP contribution is 2.21. The molecule has 2 nitrogen and oxygen atoms in total. The average molecular weight is 215 g/mol. The average Bonchev–Trinajstić information content (AvgIpc) is 2.23. The van der Waals surface area contributed by atoms with E-state index < -0.39 is 0 Å². The summed E-state index contributed by atoms with van der Waals surface area (Å²) in [5.41, 5.74) is 0. The van der Waals surface area contributed by atoms with Crippen LogP contribution >= 0.6 is 0 Å². The standard InChI is InChI=1S/C13H29NO/c1-5-7-12(3)13(8-6-2)11-14-9-10-15-4/h12-14H,5-11H2,1-4H3. The van der Waals surface area contributed by atoms with Crippen LogP contribution in [-0.2, 0) is 4.74 Å². The molecule has 0 saturated heterocycles. The molecule has 0 fully saturated rings. The molecule has 92 valence electrons. The second kappa shape index (κ2) is 10.4. The molecule has 2 atom stereocenters. The molecular weight excluding hydrogens is 186 g/mol. The molecule has 0 rings (SSSR count). The fourth-order valence-electron chi connectivity index (χ4n) is 2.11. The molecule has 0 spiro atoms. The summed E-state index contributed by atoms with van der Waals surface area (Å²) in [5, 5.41) is 3.49. The minimum absolute atomic E-state index is 0.820. The van der Waals surface area contributed by atoms with Gasteiger partial charge in [-0.05, 0) is 24.8 Å². The first-order valence-corrected chi connectivity index (χ1v) is 6.45. The predicted octanol–water partition coefficient (Wildman–Crippen LogP) is 3.07. The summed E-state index contributed by atoms with van der Waals surface area (Å²) in [5.74, 6) is 1.69. The SMILES string of the molecule is CCCC(C)C(CCC)CNCCOC. The molecule has 0 saturated carbocycles. The topological polar surface area (TPSA) is 21.3 Å². The highest BCUT2D eigenvalue weighted by molar-refractivity contribution is 4.68. The zero-order chi connectivity index (χ0) is 11.5. The van der Waals surface area contributed by atoms with Crippen molar-refractivity contribution in [2.75, 3.05) is 26.8 Å². The van der Waals surface area contributed by atoms with Crippen molar-refractivity contribution in [2.24, 2.45) is 11.8 Å². The Labute approximate surface area is 95.8 Å². The van der Waals surface area contributed by atoms with Gasteiger partial charge < -0.3 is 10.1 Å². The number of methoxy groups -OCH3 is 1. The molecule has 0 bridgehead atoms. The Hall–Kier alpha value is -0.0800. The largest absolute Gasteiger partial charge is 0.383 e. The van der Waals surface area contributed by atoms with E-state index >= 15 is 0 Å². The lowest BCUT2D eigenvalue weighted by Gasteiger charge is -2.23. The number of hydrogen-bond acceptors (Lipinski definition) is 2. The lowest BCUT2D eigenvalue weighted by atomic mass is 9.87. The van der Waals surface area contributed by atoms with Crippen LogP contribution in [-0.4, -0.2) is 26.8 Å². The van der Waals surface area contributed by atoms with Crippen LogP contribution in [0, 0.1) is 11.8 Å². The number of rotatable bonds is 10. The monoisotopic (exact) mass is 215 g/mol. The zero-order valence-electron chi connectivity index (χ0n) is 11.0. The van der Waals surface area contributed by atoms with Gasteiger partial charge in [0, 0.05) is 13.7 Å². The first kappa shape index (κ1) is 14.9. The number of ether oxygens (including phenoxy) is 1. The van der Waals surface area contributed by atoms with E-state index in [-0.39, 0.29) is 0 Å². The van der Waals surface area contributed by atoms with E-state index in [1.807, 2.05) is 0 Å². The van der Waals surface area contributed by atoms with Crippen molar-refractivity contribution >= 4 is 0 Å². The van der Waals surface area contributed by atoms with Gasteiger partial charge in [-0.2, -0.15) is 0 Å². The normalized spacial score (nSPS) is 15.2. The maximum Gasteiger partial charge on any atom is 0.0587 e. The Bertz CT molecular complexity index is 128. The Morgan fingerprint density at radius 1 is 1.13 bits per heavy atom. The Morgan fingerprint density at radius 2 is 1.80 bits per heavy atom. The van der Waals surface area contributed by atoms with E-state index in [2.05, 4.69) is 26.1 Å². The fraction of sp³-hybridized carbons (Fsp3) is 1.00. The number of hydrogen-bond donors (Lipinski definition) is 1. The Morgan fingerprint density at radius 3 is 2.33 bits per heavy atom. The van der Waals surface area contributed by atoms with Gasteiger partial charge in [0.1, 0.15) is 0 Å². The first-order chi connectivity index (χ1) is 7.26. The molecule has 2 unspecified atom stereocenters. The Balaban J connectivity index is 3.71. The molecule has 1 N–H and O–H groups in total. The van der Waals surface area contributed by atoms with Crippen LogP contribution in [0.25, 0.3) is 0 Å². The lowest BCUT2D eigenvalue weighted by Crippen LogP contribution is -2.29. The van der Waals surface area contributed by atoms with Gasteiger partial charge in [-0.15, -0.1) is 0 Å². The van der Waals surface area contributed by atoms with Crippen molar-refractivity contribution in [1.82, 2.24) is 5.32 Å². The molecule has 0 heterocycles. The van der Waals surface area contributed by atoms with Crippen LogP contribution in [0.1, 0.15) is 46.5 Å². The molecule has 15 heavy (non-hydrogen) atoms. The van der Waals surface area contributed by atoms with Crippen molar-refractivity contribution in [3.63, 3.8) is 0 Å². The van der Waals surface area contributed by atoms with Crippen LogP contribution in [0.2, 0.25) is 0 Å². The van der Waals surface area contributed by atoms with Gasteiger partial charge in [0.2, 0.25) is 0 Å². The molecular formula is C13H29NO. The number of nitrogens with one attached hydrogen (secondary N) is 1. The van der Waals surface area contributed by atoms with E-state index in [0.717, 1.165) is 31.5 Å². The fourth-order valence-corrected chi connectivity index (χ4v) is 2.11. The predicted molar refractivity (Wildman–Crippen MR) is 67.2 cm³/mol. The van der Waals surface area contributed by atoms with Crippen LogP contribution in [0.4, 0.5) is 0 Å². The van der Waals surface area contributed by atoms with Crippen molar-refractivity contribution < 1.29 is 4.74 Å². The van der Waals surface area contributed by atoms with Crippen molar-refractivity contribution in [2.45, 2.75) is 46.5 Å². The highest BCUT2D eigenvalue weighted by Gasteiger charge is 2.14. The zero-order valence-corrected chi connectivity index (χ0v) is 11.0. The molecule has 0 aromatic carbocycles. The lowest BCUT2D eigenvalue weighted by molar-refractivity contribution is 0.194. The van der Waals surface area contributed by atoms with Gasteiger partial charge in [-0.25, -0.2) is 0 Å². The maximum absolute atomic E-state index is 5.03. The Kier molecular flexibility index (Phi) is 10.4. The molecule has 0 aromatic rings. The third-order valence-corrected chi connectivity index (χ3v) is 3.10. The van der Waals surface area contributed by atoms with Crippen LogP contribution in [0.3, 0.4) is 0 Å². The van der Waals surface area contributed by atoms with Gasteiger partial charge in [-0.3, -0.25) is 0 Å². The summed E-state index contributed by atoms with van der Waals surface area (Å²) in [6.45, 7) is 9.90.